The predicted octanol–water partition coefficient (Wildman–Crippen LogP) is 2.23. The normalized spacial score (nSPS) is 10.5. The molecule has 5 heteroatoms. The lowest BCUT2D eigenvalue weighted by molar-refractivity contribution is 0.510. The zero-order valence-electron chi connectivity index (χ0n) is 7.74. The number of fused-ring (bicyclic) bond motifs is 1. The fourth-order valence-electron chi connectivity index (χ4n) is 1.40. The molecule has 3 nitrogen and oxygen atoms in total. The van der Waals surface area contributed by atoms with E-state index in [0.29, 0.717) is 24.0 Å². The molecule has 0 aliphatic carbocycles. The van der Waals surface area contributed by atoms with Crippen molar-refractivity contribution >= 4 is 11.0 Å². The molecular weight excluding hydrogens is 200 g/mol. The van der Waals surface area contributed by atoms with E-state index in [9.17, 15) is 8.78 Å². The topological polar surface area (TPSA) is 41.6 Å². The highest BCUT2D eigenvalue weighted by Crippen LogP contribution is 2.17. The number of nitriles is 1. The van der Waals surface area contributed by atoms with Gasteiger partial charge in [0.25, 0.3) is 0 Å². The molecule has 76 valence electrons. The molecule has 2 rings (SSSR count). The predicted molar refractivity (Wildman–Crippen MR) is 49.9 cm³/mol. The third-order valence-corrected chi connectivity index (χ3v) is 2.13. The van der Waals surface area contributed by atoms with Gasteiger partial charge in [0.05, 0.1) is 29.9 Å². The number of benzene rings is 1. The summed E-state index contributed by atoms with van der Waals surface area (Å²) in [7, 11) is 0. The van der Waals surface area contributed by atoms with Gasteiger partial charge in [0.2, 0.25) is 0 Å². The van der Waals surface area contributed by atoms with Gasteiger partial charge in [-0.2, -0.15) is 5.26 Å². The van der Waals surface area contributed by atoms with Crippen LogP contribution in [0.3, 0.4) is 0 Å². The second-order valence-electron chi connectivity index (χ2n) is 3.10. The Morgan fingerprint density at radius 3 is 2.80 bits per heavy atom. The number of nitrogens with zero attached hydrogens (tertiary/aromatic N) is 3. The van der Waals surface area contributed by atoms with Crippen LogP contribution in [0, 0.1) is 23.0 Å². The van der Waals surface area contributed by atoms with Crippen molar-refractivity contribution in [2.24, 2.45) is 0 Å². The van der Waals surface area contributed by atoms with Crippen molar-refractivity contribution in [3.05, 3.63) is 30.1 Å². The number of aromatic nitrogens is 2. The maximum atomic E-state index is 12.9. The van der Waals surface area contributed by atoms with Gasteiger partial charge >= 0.3 is 0 Å². The summed E-state index contributed by atoms with van der Waals surface area (Å²) in [5.74, 6) is -1.81. The van der Waals surface area contributed by atoms with Crippen LogP contribution in [0.4, 0.5) is 8.78 Å². The summed E-state index contributed by atoms with van der Waals surface area (Å²) in [5, 5.41) is 8.42. The van der Waals surface area contributed by atoms with E-state index in [1.165, 1.54) is 6.33 Å². The lowest BCUT2D eigenvalue weighted by Crippen LogP contribution is -1.95. The van der Waals surface area contributed by atoms with Gasteiger partial charge in [-0.3, -0.25) is 0 Å². The Morgan fingerprint density at radius 2 is 2.07 bits per heavy atom. The van der Waals surface area contributed by atoms with E-state index in [-0.39, 0.29) is 0 Å². The highest BCUT2D eigenvalue weighted by atomic mass is 19.2. The summed E-state index contributed by atoms with van der Waals surface area (Å²) in [6.45, 7) is 0.429. The monoisotopic (exact) mass is 207 g/mol. The Bertz CT molecular complexity index is 539. The van der Waals surface area contributed by atoms with E-state index in [4.69, 9.17) is 5.26 Å². The van der Waals surface area contributed by atoms with E-state index in [1.807, 2.05) is 6.07 Å². The molecule has 0 amide bonds. The third-order valence-electron chi connectivity index (χ3n) is 2.13. The van der Waals surface area contributed by atoms with Crippen LogP contribution in [0.1, 0.15) is 6.42 Å². The van der Waals surface area contributed by atoms with Gasteiger partial charge in [0.1, 0.15) is 0 Å². The largest absolute Gasteiger partial charge is 0.329 e. The number of rotatable bonds is 2. The zero-order valence-corrected chi connectivity index (χ0v) is 7.74. The summed E-state index contributed by atoms with van der Waals surface area (Å²) in [5.41, 5.74) is 0.899. The molecule has 0 atom stereocenters. The lowest BCUT2D eigenvalue weighted by atomic mass is 10.3. The van der Waals surface area contributed by atoms with Crippen LogP contribution >= 0.6 is 0 Å². The zero-order chi connectivity index (χ0) is 10.8. The van der Waals surface area contributed by atoms with Gasteiger partial charge in [-0.25, -0.2) is 13.8 Å². The number of halogens is 2. The van der Waals surface area contributed by atoms with Gasteiger partial charge in [-0.1, -0.05) is 0 Å². The van der Waals surface area contributed by atoms with Crippen LogP contribution in [-0.4, -0.2) is 9.55 Å². The maximum Gasteiger partial charge on any atom is 0.161 e. The summed E-state index contributed by atoms with van der Waals surface area (Å²) in [6.07, 6.45) is 1.78. The Morgan fingerprint density at radius 1 is 1.33 bits per heavy atom. The van der Waals surface area contributed by atoms with Crippen LogP contribution in [0.15, 0.2) is 18.5 Å². The van der Waals surface area contributed by atoms with Crippen LogP contribution in [0.2, 0.25) is 0 Å². The summed E-state index contributed by atoms with van der Waals surface area (Å²) in [6, 6.07) is 4.12. The molecule has 1 heterocycles. The molecule has 0 radical (unpaired) electrons. The molecule has 1 aromatic heterocycles. The van der Waals surface area contributed by atoms with Crippen molar-refractivity contribution in [1.82, 2.24) is 9.55 Å². The molecule has 0 unspecified atom stereocenters. The van der Waals surface area contributed by atoms with Crippen molar-refractivity contribution in [2.75, 3.05) is 0 Å². The maximum absolute atomic E-state index is 12.9. The van der Waals surface area contributed by atoms with E-state index >= 15 is 0 Å². The van der Waals surface area contributed by atoms with Crippen molar-refractivity contribution in [3.8, 4) is 6.07 Å². The molecule has 0 bridgehead atoms. The number of hydrogen-bond acceptors (Lipinski definition) is 2. The number of hydrogen-bond donors (Lipinski definition) is 0. The average molecular weight is 207 g/mol. The van der Waals surface area contributed by atoms with Crippen LogP contribution < -0.4 is 0 Å². The quantitative estimate of drug-likeness (QED) is 0.757. The minimum atomic E-state index is -0.909. The summed E-state index contributed by atoms with van der Waals surface area (Å²) >= 11 is 0. The molecular formula is C10H7F2N3. The third kappa shape index (κ3) is 1.66. The Labute approximate surface area is 84.6 Å². The standard InChI is InChI=1S/C10H7F2N3/c11-7-4-9-10(5-8(7)12)15(6-14-9)3-1-2-13/h4-6H,1,3H2. The minimum Gasteiger partial charge on any atom is -0.329 e. The molecule has 0 aliphatic rings. The molecule has 0 saturated carbocycles. The van der Waals surface area contributed by atoms with Gasteiger partial charge in [-0.15, -0.1) is 0 Å². The molecule has 0 N–H and O–H groups in total. The number of aryl methyl sites for hydroxylation is 1. The average Bonchev–Trinajstić information content (AvgIpc) is 2.59. The van der Waals surface area contributed by atoms with E-state index < -0.39 is 11.6 Å². The highest BCUT2D eigenvalue weighted by Gasteiger charge is 2.08. The first kappa shape index (κ1) is 9.59. The van der Waals surface area contributed by atoms with Crippen molar-refractivity contribution in [3.63, 3.8) is 0 Å². The fourth-order valence-corrected chi connectivity index (χ4v) is 1.40. The first-order chi connectivity index (χ1) is 7.22. The SMILES string of the molecule is N#CCCn1cnc2cc(F)c(F)cc21. The van der Waals surface area contributed by atoms with E-state index in [1.54, 1.807) is 4.57 Å². The molecule has 0 aliphatic heterocycles. The second kappa shape index (κ2) is 3.65. The van der Waals surface area contributed by atoms with Crippen molar-refractivity contribution < 1.29 is 8.78 Å². The van der Waals surface area contributed by atoms with Crippen molar-refractivity contribution in [2.45, 2.75) is 13.0 Å². The molecule has 15 heavy (non-hydrogen) atoms. The van der Waals surface area contributed by atoms with E-state index in [2.05, 4.69) is 4.98 Å². The fraction of sp³-hybridized carbons (Fsp3) is 0.200. The van der Waals surface area contributed by atoms with Gasteiger partial charge in [0, 0.05) is 18.7 Å². The minimum absolute atomic E-state index is 0.310. The number of imidazole rings is 1. The highest BCUT2D eigenvalue weighted by molar-refractivity contribution is 5.75. The van der Waals surface area contributed by atoms with Gasteiger partial charge in [0.15, 0.2) is 11.6 Å². The van der Waals surface area contributed by atoms with Gasteiger partial charge < -0.3 is 4.57 Å². The van der Waals surface area contributed by atoms with Crippen LogP contribution in [-0.2, 0) is 6.54 Å². The lowest BCUT2D eigenvalue weighted by Gasteiger charge is -2.00. The summed E-state index contributed by atoms with van der Waals surface area (Å²) < 4.78 is 27.4. The molecule has 0 saturated heterocycles. The Hall–Kier alpha value is -1.96. The molecule has 0 spiro atoms. The molecule has 1 aromatic carbocycles. The Kier molecular flexibility index (Phi) is 2.34. The van der Waals surface area contributed by atoms with Crippen LogP contribution in [0.5, 0.6) is 0 Å². The first-order valence-corrected chi connectivity index (χ1v) is 4.39. The second-order valence-corrected chi connectivity index (χ2v) is 3.10. The van der Waals surface area contributed by atoms with E-state index in [0.717, 1.165) is 12.1 Å². The molecule has 2 aromatic rings. The van der Waals surface area contributed by atoms with Gasteiger partial charge in [-0.05, 0) is 0 Å². The Balaban J connectivity index is 2.50. The van der Waals surface area contributed by atoms with Crippen LogP contribution in [0.25, 0.3) is 11.0 Å². The smallest absolute Gasteiger partial charge is 0.161 e. The first-order valence-electron chi connectivity index (χ1n) is 4.39. The molecule has 0 fully saturated rings. The van der Waals surface area contributed by atoms with Crippen molar-refractivity contribution in [1.29, 1.82) is 5.26 Å². The summed E-state index contributed by atoms with van der Waals surface area (Å²) in [4.78, 5) is 3.92.